The van der Waals surface area contributed by atoms with Crippen LogP contribution in [-0.2, 0) is 19.0 Å². The van der Waals surface area contributed by atoms with Crippen molar-refractivity contribution in [3.05, 3.63) is 0 Å². The van der Waals surface area contributed by atoms with Crippen LogP contribution < -0.4 is 0 Å². The first-order valence-electron chi connectivity index (χ1n) is 6.08. The van der Waals surface area contributed by atoms with Crippen molar-refractivity contribution in [2.24, 2.45) is 5.92 Å². The molecule has 5 heteroatoms. The van der Waals surface area contributed by atoms with Gasteiger partial charge in [-0.25, -0.2) is 0 Å². The van der Waals surface area contributed by atoms with Crippen molar-refractivity contribution in [2.75, 3.05) is 60.3 Å². The summed E-state index contributed by atoms with van der Waals surface area (Å²) >= 11 is 0. The van der Waals surface area contributed by atoms with Gasteiger partial charge in [0.2, 0.25) is 0 Å². The van der Waals surface area contributed by atoms with Gasteiger partial charge in [-0.1, -0.05) is 0 Å². The van der Waals surface area contributed by atoms with Gasteiger partial charge in [0, 0.05) is 39.8 Å². The lowest BCUT2D eigenvalue weighted by Crippen LogP contribution is -2.37. The molecule has 100 valence electrons. The third-order valence-corrected chi connectivity index (χ3v) is 2.99. The lowest BCUT2D eigenvalue weighted by Gasteiger charge is -2.21. The molecule has 1 saturated heterocycles. The fraction of sp³-hybridized carbons (Fsp3) is 0.917. The van der Waals surface area contributed by atoms with Crippen LogP contribution in [0.1, 0.15) is 6.42 Å². The maximum Gasteiger partial charge on any atom is 0.152 e. The zero-order chi connectivity index (χ0) is 12.5. The van der Waals surface area contributed by atoms with Gasteiger partial charge in [0.05, 0.1) is 26.4 Å². The molecule has 17 heavy (non-hydrogen) atoms. The number of carbonyl (C=O) groups is 1. The molecule has 0 amide bonds. The maximum absolute atomic E-state index is 12.0. The van der Waals surface area contributed by atoms with Crippen LogP contribution in [0, 0.1) is 5.92 Å². The summed E-state index contributed by atoms with van der Waals surface area (Å²) in [6.07, 6.45) is 0.862. The number of carbonyl (C=O) groups excluding carboxylic acids is 1. The number of Topliss-reactive ketones (excluding diaryl/α,β-unsaturated/α-hetero) is 1. The van der Waals surface area contributed by atoms with E-state index in [9.17, 15) is 4.79 Å². The summed E-state index contributed by atoms with van der Waals surface area (Å²) in [4.78, 5) is 14.1. The molecule has 1 aliphatic heterocycles. The molecule has 5 nitrogen and oxygen atoms in total. The third-order valence-electron chi connectivity index (χ3n) is 2.99. The lowest BCUT2D eigenvalue weighted by atomic mass is 10.0. The van der Waals surface area contributed by atoms with Crippen LogP contribution in [0.5, 0.6) is 0 Å². The molecule has 0 aromatic heterocycles. The summed E-state index contributed by atoms with van der Waals surface area (Å²) in [5.74, 6) is 0.359. The van der Waals surface area contributed by atoms with Gasteiger partial charge in [0.25, 0.3) is 0 Å². The van der Waals surface area contributed by atoms with E-state index in [0.29, 0.717) is 33.0 Å². The van der Waals surface area contributed by atoms with E-state index in [1.807, 2.05) is 0 Å². The maximum atomic E-state index is 12.0. The van der Waals surface area contributed by atoms with E-state index in [0.717, 1.165) is 19.5 Å². The monoisotopic (exact) mass is 245 g/mol. The first kappa shape index (κ1) is 14.6. The Labute approximate surface area is 103 Å². The molecular formula is C12H23NO4. The minimum Gasteiger partial charge on any atom is -0.383 e. The van der Waals surface area contributed by atoms with E-state index < -0.39 is 0 Å². The number of ether oxygens (including phenoxy) is 3. The molecule has 1 aliphatic rings. The van der Waals surface area contributed by atoms with E-state index in [-0.39, 0.29) is 11.7 Å². The average molecular weight is 245 g/mol. The molecule has 0 bridgehead atoms. The topological polar surface area (TPSA) is 48.0 Å². The lowest BCUT2D eigenvalue weighted by molar-refractivity contribution is -0.124. The molecule has 1 unspecified atom stereocenters. The first-order chi connectivity index (χ1) is 8.27. The summed E-state index contributed by atoms with van der Waals surface area (Å²) in [5, 5.41) is 0. The molecule has 0 saturated carbocycles. The second-order valence-corrected chi connectivity index (χ2v) is 4.29. The summed E-state index contributed by atoms with van der Waals surface area (Å²) in [6, 6.07) is 0. The van der Waals surface area contributed by atoms with Crippen molar-refractivity contribution in [2.45, 2.75) is 6.42 Å². The Morgan fingerprint density at radius 2 is 1.94 bits per heavy atom. The van der Waals surface area contributed by atoms with Crippen LogP contribution in [0.2, 0.25) is 0 Å². The standard InChI is InChI=1S/C12H23NO4/c1-15-7-4-13(5-8-16-2)9-12(14)11-3-6-17-10-11/h11H,3-10H2,1-2H3. The number of hydrogen-bond acceptors (Lipinski definition) is 5. The van der Waals surface area contributed by atoms with Crippen LogP contribution in [0.3, 0.4) is 0 Å². The fourth-order valence-electron chi connectivity index (χ4n) is 1.85. The van der Waals surface area contributed by atoms with Crippen molar-refractivity contribution in [3.63, 3.8) is 0 Å². The van der Waals surface area contributed by atoms with Crippen molar-refractivity contribution in [1.29, 1.82) is 0 Å². The van der Waals surface area contributed by atoms with Gasteiger partial charge in [0.15, 0.2) is 5.78 Å². The SMILES string of the molecule is COCCN(CCOC)CC(=O)C1CCOC1. The van der Waals surface area contributed by atoms with Gasteiger partial charge < -0.3 is 14.2 Å². The predicted octanol–water partition coefficient (Wildman–Crippen LogP) is 0.187. The van der Waals surface area contributed by atoms with Crippen LogP contribution in [0.25, 0.3) is 0 Å². The Balaban J connectivity index is 2.31. The Kier molecular flexibility index (Phi) is 7.35. The van der Waals surface area contributed by atoms with Gasteiger partial charge in [-0.05, 0) is 6.42 Å². The minimum atomic E-state index is 0.0857. The normalized spacial score (nSPS) is 20.1. The second kappa shape index (κ2) is 8.58. The van der Waals surface area contributed by atoms with E-state index in [1.54, 1.807) is 14.2 Å². The highest BCUT2D eigenvalue weighted by atomic mass is 16.5. The molecule has 1 rings (SSSR count). The molecule has 1 fully saturated rings. The van der Waals surface area contributed by atoms with Crippen molar-refractivity contribution in [1.82, 2.24) is 4.90 Å². The van der Waals surface area contributed by atoms with E-state index in [4.69, 9.17) is 14.2 Å². The van der Waals surface area contributed by atoms with Gasteiger partial charge in [-0.15, -0.1) is 0 Å². The van der Waals surface area contributed by atoms with Gasteiger partial charge >= 0.3 is 0 Å². The molecule has 0 aliphatic carbocycles. The van der Waals surface area contributed by atoms with Gasteiger partial charge in [-0.3, -0.25) is 9.69 Å². The minimum absolute atomic E-state index is 0.0857. The van der Waals surface area contributed by atoms with Gasteiger partial charge in [0.1, 0.15) is 0 Å². The summed E-state index contributed by atoms with van der Waals surface area (Å²) in [7, 11) is 3.34. The van der Waals surface area contributed by atoms with Crippen LogP contribution in [0.15, 0.2) is 0 Å². The van der Waals surface area contributed by atoms with E-state index in [1.165, 1.54) is 0 Å². The zero-order valence-electron chi connectivity index (χ0n) is 10.8. The van der Waals surface area contributed by atoms with Crippen LogP contribution in [-0.4, -0.2) is 71.0 Å². The number of methoxy groups -OCH3 is 2. The van der Waals surface area contributed by atoms with Crippen molar-refractivity contribution >= 4 is 5.78 Å². The number of ketones is 1. The molecule has 0 N–H and O–H groups in total. The van der Waals surface area contributed by atoms with Crippen molar-refractivity contribution < 1.29 is 19.0 Å². The highest BCUT2D eigenvalue weighted by Gasteiger charge is 2.24. The largest absolute Gasteiger partial charge is 0.383 e. The Bertz CT molecular complexity index is 209. The fourth-order valence-corrected chi connectivity index (χ4v) is 1.85. The molecule has 0 aromatic carbocycles. The zero-order valence-corrected chi connectivity index (χ0v) is 10.8. The second-order valence-electron chi connectivity index (χ2n) is 4.29. The van der Waals surface area contributed by atoms with Crippen molar-refractivity contribution in [3.8, 4) is 0 Å². The quantitative estimate of drug-likeness (QED) is 0.580. The van der Waals surface area contributed by atoms with Crippen LogP contribution in [0.4, 0.5) is 0 Å². The number of hydrogen-bond donors (Lipinski definition) is 0. The molecular weight excluding hydrogens is 222 g/mol. The van der Waals surface area contributed by atoms with Gasteiger partial charge in [-0.2, -0.15) is 0 Å². The molecule has 0 spiro atoms. The highest BCUT2D eigenvalue weighted by molar-refractivity contribution is 5.83. The molecule has 1 heterocycles. The summed E-state index contributed by atoms with van der Waals surface area (Å²) in [5.41, 5.74) is 0. The predicted molar refractivity (Wildman–Crippen MR) is 64.1 cm³/mol. The first-order valence-corrected chi connectivity index (χ1v) is 6.08. The van der Waals surface area contributed by atoms with E-state index in [2.05, 4.69) is 4.90 Å². The Hall–Kier alpha value is -0.490. The highest BCUT2D eigenvalue weighted by Crippen LogP contribution is 2.13. The average Bonchev–Trinajstić information content (AvgIpc) is 2.86. The van der Waals surface area contributed by atoms with Crippen LogP contribution >= 0.6 is 0 Å². The molecule has 1 atom stereocenters. The smallest absolute Gasteiger partial charge is 0.152 e. The number of nitrogens with zero attached hydrogens (tertiary/aromatic N) is 1. The molecule has 0 radical (unpaired) electrons. The summed E-state index contributed by atoms with van der Waals surface area (Å²) < 4.78 is 15.3. The Morgan fingerprint density at radius 1 is 1.29 bits per heavy atom. The third kappa shape index (κ3) is 5.59. The molecule has 0 aromatic rings. The Morgan fingerprint density at radius 3 is 2.41 bits per heavy atom. The van der Waals surface area contributed by atoms with E-state index >= 15 is 0 Å². The number of rotatable bonds is 9. The summed E-state index contributed by atoms with van der Waals surface area (Å²) in [6.45, 7) is 4.57.